The van der Waals surface area contributed by atoms with E-state index in [1.165, 1.54) is 5.56 Å². The quantitative estimate of drug-likeness (QED) is 0.790. The summed E-state index contributed by atoms with van der Waals surface area (Å²) in [6.45, 7) is 15.4. The molecular formula is C17H31N3. The van der Waals surface area contributed by atoms with Gasteiger partial charge < -0.3 is 5.32 Å². The molecule has 114 valence electrons. The Labute approximate surface area is 124 Å². The zero-order valence-electron chi connectivity index (χ0n) is 14.1. The van der Waals surface area contributed by atoms with Gasteiger partial charge in [0.1, 0.15) is 5.82 Å². The van der Waals surface area contributed by atoms with Crippen LogP contribution < -0.4 is 5.32 Å². The highest BCUT2D eigenvalue weighted by atomic mass is 14.9. The molecule has 1 N–H and O–H groups in total. The minimum absolute atomic E-state index is 0.617. The molecule has 0 saturated heterocycles. The van der Waals surface area contributed by atoms with E-state index in [0.29, 0.717) is 11.8 Å². The van der Waals surface area contributed by atoms with Gasteiger partial charge in [0.25, 0.3) is 0 Å². The molecule has 0 aliphatic carbocycles. The van der Waals surface area contributed by atoms with Crippen molar-refractivity contribution in [3.05, 3.63) is 22.8 Å². The summed E-state index contributed by atoms with van der Waals surface area (Å²) < 4.78 is 0. The summed E-state index contributed by atoms with van der Waals surface area (Å²) in [5, 5.41) is 3.53. The van der Waals surface area contributed by atoms with Crippen LogP contribution in [-0.4, -0.2) is 23.1 Å². The molecule has 0 aliphatic rings. The van der Waals surface area contributed by atoms with Crippen LogP contribution in [0, 0.1) is 25.7 Å². The van der Waals surface area contributed by atoms with Crippen LogP contribution in [0.25, 0.3) is 0 Å². The van der Waals surface area contributed by atoms with Crippen molar-refractivity contribution in [3.8, 4) is 0 Å². The van der Waals surface area contributed by atoms with Crippen molar-refractivity contribution in [2.45, 2.75) is 60.8 Å². The van der Waals surface area contributed by atoms with E-state index in [4.69, 9.17) is 0 Å². The fraction of sp³-hybridized carbons (Fsp3) is 0.765. The molecule has 0 aromatic carbocycles. The van der Waals surface area contributed by atoms with Crippen molar-refractivity contribution in [3.63, 3.8) is 0 Å². The Hall–Kier alpha value is -0.960. The lowest BCUT2D eigenvalue weighted by atomic mass is 9.98. The molecule has 3 heteroatoms. The van der Waals surface area contributed by atoms with Crippen LogP contribution in [-0.2, 0) is 12.8 Å². The lowest BCUT2D eigenvalue weighted by molar-refractivity contribution is 0.471. The predicted molar refractivity (Wildman–Crippen MR) is 86.1 cm³/mol. The highest BCUT2D eigenvalue weighted by molar-refractivity contribution is 5.25. The van der Waals surface area contributed by atoms with Gasteiger partial charge in [0, 0.05) is 17.8 Å². The molecule has 1 rings (SSSR count). The van der Waals surface area contributed by atoms with Gasteiger partial charge >= 0.3 is 0 Å². The maximum absolute atomic E-state index is 4.65. The number of hydrogen-bond acceptors (Lipinski definition) is 3. The summed E-state index contributed by atoms with van der Waals surface area (Å²) in [6, 6.07) is 0. The Morgan fingerprint density at radius 3 is 2.10 bits per heavy atom. The molecular weight excluding hydrogens is 246 g/mol. The zero-order valence-corrected chi connectivity index (χ0v) is 14.1. The molecule has 0 fully saturated rings. The molecule has 0 spiro atoms. The summed E-state index contributed by atoms with van der Waals surface area (Å²) in [5.41, 5.74) is 3.66. The van der Waals surface area contributed by atoms with Gasteiger partial charge in [-0.3, -0.25) is 0 Å². The first-order valence-electron chi connectivity index (χ1n) is 7.97. The fourth-order valence-electron chi connectivity index (χ4n) is 2.48. The Kier molecular flexibility index (Phi) is 7.14. The predicted octanol–water partition coefficient (Wildman–Crippen LogP) is 3.47. The van der Waals surface area contributed by atoms with E-state index >= 15 is 0 Å². The van der Waals surface area contributed by atoms with Crippen LogP contribution in [0.15, 0.2) is 0 Å². The highest BCUT2D eigenvalue weighted by Gasteiger charge is 2.12. The van der Waals surface area contributed by atoms with Crippen LogP contribution in [0.2, 0.25) is 0 Å². The standard InChI is InChI=1S/C17H31N3/c1-7-8-17-19-14(5)16(15(6)20-17)9-13(4)11-18-10-12(2)3/h12-13,18H,7-11H2,1-6H3. The highest BCUT2D eigenvalue weighted by Crippen LogP contribution is 2.16. The summed E-state index contributed by atoms with van der Waals surface area (Å²) in [5.74, 6) is 2.32. The molecule has 1 atom stereocenters. The van der Waals surface area contributed by atoms with E-state index in [1.54, 1.807) is 0 Å². The molecule has 0 aliphatic heterocycles. The van der Waals surface area contributed by atoms with E-state index in [1.807, 2.05) is 0 Å². The third-order valence-electron chi connectivity index (χ3n) is 3.54. The van der Waals surface area contributed by atoms with Crippen molar-refractivity contribution < 1.29 is 0 Å². The van der Waals surface area contributed by atoms with Crippen molar-refractivity contribution in [2.24, 2.45) is 11.8 Å². The smallest absolute Gasteiger partial charge is 0.128 e. The molecule has 0 bridgehead atoms. The molecule has 1 aromatic heterocycles. The fourth-order valence-corrected chi connectivity index (χ4v) is 2.48. The molecule has 0 radical (unpaired) electrons. The molecule has 0 saturated carbocycles. The maximum atomic E-state index is 4.65. The van der Waals surface area contributed by atoms with Crippen LogP contribution >= 0.6 is 0 Å². The topological polar surface area (TPSA) is 37.8 Å². The number of aromatic nitrogens is 2. The van der Waals surface area contributed by atoms with Gasteiger partial charge in [-0.05, 0) is 57.2 Å². The number of nitrogens with zero attached hydrogens (tertiary/aromatic N) is 2. The molecule has 20 heavy (non-hydrogen) atoms. The van der Waals surface area contributed by atoms with Gasteiger partial charge in [0.05, 0.1) is 0 Å². The first-order valence-corrected chi connectivity index (χ1v) is 7.97. The Morgan fingerprint density at radius 2 is 1.60 bits per heavy atom. The SMILES string of the molecule is CCCc1nc(C)c(CC(C)CNCC(C)C)c(C)n1. The second-order valence-electron chi connectivity index (χ2n) is 6.40. The van der Waals surface area contributed by atoms with Gasteiger partial charge in [-0.25, -0.2) is 9.97 Å². The van der Waals surface area contributed by atoms with Gasteiger partial charge in [-0.2, -0.15) is 0 Å². The largest absolute Gasteiger partial charge is 0.316 e. The zero-order chi connectivity index (χ0) is 15.1. The van der Waals surface area contributed by atoms with Crippen LogP contribution in [0.5, 0.6) is 0 Å². The summed E-state index contributed by atoms with van der Waals surface area (Å²) in [4.78, 5) is 9.31. The molecule has 1 heterocycles. The van der Waals surface area contributed by atoms with Gasteiger partial charge in [-0.15, -0.1) is 0 Å². The van der Waals surface area contributed by atoms with E-state index < -0.39 is 0 Å². The summed E-state index contributed by atoms with van der Waals surface area (Å²) >= 11 is 0. The second-order valence-corrected chi connectivity index (χ2v) is 6.40. The van der Waals surface area contributed by atoms with Crippen molar-refractivity contribution >= 4 is 0 Å². The van der Waals surface area contributed by atoms with E-state index in [9.17, 15) is 0 Å². The molecule has 1 unspecified atom stereocenters. The Bertz CT molecular complexity index is 390. The number of rotatable bonds is 8. The third kappa shape index (κ3) is 5.58. The van der Waals surface area contributed by atoms with Crippen molar-refractivity contribution in [1.82, 2.24) is 15.3 Å². The minimum Gasteiger partial charge on any atom is -0.316 e. The minimum atomic E-state index is 0.617. The first-order chi connectivity index (χ1) is 9.43. The van der Waals surface area contributed by atoms with Crippen LogP contribution in [0.3, 0.4) is 0 Å². The normalized spacial score (nSPS) is 12.9. The molecule has 1 aromatic rings. The van der Waals surface area contributed by atoms with Gasteiger partial charge in [0.15, 0.2) is 0 Å². The maximum Gasteiger partial charge on any atom is 0.128 e. The lowest BCUT2D eigenvalue weighted by Crippen LogP contribution is -2.26. The molecule has 3 nitrogen and oxygen atoms in total. The monoisotopic (exact) mass is 277 g/mol. The third-order valence-corrected chi connectivity index (χ3v) is 3.54. The van der Waals surface area contributed by atoms with Crippen LogP contribution in [0.4, 0.5) is 0 Å². The number of nitrogens with one attached hydrogen (secondary N) is 1. The Balaban J connectivity index is 2.62. The van der Waals surface area contributed by atoms with E-state index in [0.717, 1.165) is 49.6 Å². The Morgan fingerprint density at radius 1 is 1.00 bits per heavy atom. The summed E-state index contributed by atoms with van der Waals surface area (Å²) in [7, 11) is 0. The lowest BCUT2D eigenvalue weighted by Gasteiger charge is -2.17. The van der Waals surface area contributed by atoms with Crippen molar-refractivity contribution in [2.75, 3.05) is 13.1 Å². The van der Waals surface area contributed by atoms with Crippen molar-refractivity contribution in [1.29, 1.82) is 0 Å². The van der Waals surface area contributed by atoms with Gasteiger partial charge in [0.2, 0.25) is 0 Å². The number of aryl methyl sites for hydroxylation is 3. The average Bonchev–Trinajstić information content (AvgIpc) is 2.34. The number of hydrogen-bond donors (Lipinski definition) is 1. The first kappa shape index (κ1) is 17.1. The van der Waals surface area contributed by atoms with E-state index in [2.05, 4.69) is 56.8 Å². The van der Waals surface area contributed by atoms with Crippen LogP contribution in [0.1, 0.15) is 56.9 Å². The van der Waals surface area contributed by atoms with Gasteiger partial charge in [-0.1, -0.05) is 27.7 Å². The summed E-state index contributed by atoms with van der Waals surface area (Å²) in [6.07, 6.45) is 3.15. The molecule has 0 amide bonds. The second kappa shape index (κ2) is 8.35. The van der Waals surface area contributed by atoms with E-state index in [-0.39, 0.29) is 0 Å². The average molecular weight is 277 g/mol.